The highest BCUT2D eigenvalue weighted by molar-refractivity contribution is 9.10. The molecule has 1 N–H and O–H groups in total. The van der Waals surface area contributed by atoms with Crippen LogP contribution in [0.25, 0.3) is 6.08 Å². The van der Waals surface area contributed by atoms with Gasteiger partial charge in [0.25, 0.3) is 0 Å². The van der Waals surface area contributed by atoms with Gasteiger partial charge in [0.15, 0.2) is 5.82 Å². The molecule has 1 amide bonds. The molecule has 2 rings (SSSR count). The van der Waals surface area contributed by atoms with Crippen molar-refractivity contribution in [1.29, 1.82) is 0 Å². The second-order valence-corrected chi connectivity index (χ2v) is 4.61. The number of hydrogen-bond donors (Lipinski definition) is 1. The number of halogens is 1. The molecule has 1 heterocycles. The monoisotopic (exact) mass is 306 g/mol. The summed E-state index contributed by atoms with van der Waals surface area (Å²) < 4.78 is 5.85. The van der Waals surface area contributed by atoms with Crippen molar-refractivity contribution in [2.75, 3.05) is 5.32 Å². The van der Waals surface area contributed by atoms with E-state index in [1.54, 1.807) is 19.1 Å². The lowest BCUT2D eigenvalue weighted by atomic mass is 10.2. The average molecular weight is 307 g/mol. The number of anilines is 1. The molecule has 18 heavy (non-hydrogen) atoms. The fourth-order valence-electron chi connectivity index (χ4n) is 1.34. The van der Waals surface area contributed by atoms with Gasteiger partial charge in [-0.3, -0.25) is 4.79 Å². The minimum atomic E-state index is -0.244. The molecule has 0 aliphatic heterocycles. The normalized spacial score (nSPS) is 10.8. The molecule has 0 bridgehead atoms. The smallest absolute Gasteiger partial charge is 0.249 e. The highest BCUT2D eigenvalue weighted by Gasteiger charge is 2.02. The number of carbonyl (C=O) groups excluding carboxylic acids is 1. The molecular formula is C13H11BrN2O2. The maximum atomic E-state index is 11.6. The summed E-state index contributed by atoms with van der Waals surface area (Å²) in [6, 6.07) is 9.31. The van der Waals surface area contributed by atoms with Crippen molar-refractivity contribution in [3.63, 3.8) is 0 Å². The van der Waals surface area contributed by atoms with E-state index >= 15 is 0 Å². The summed E-state index contributed by atoms with van der Waals surface area (Å²) in [5, 5.41) is 6.28. The van der Waals surface area contributed by atoms with Crippen LogP contribution in [-0.4, -0.2) is 11.1 Å². The molecule has 4 nitrogen and oxygen atoms in total. The zero-order valence-corrected chi connectivity index (χ0v) is 11.3. The third kappa shape index (κ3) is 3.56. The van der Waals surface area contributed by atoms with Gasteiger partial charge < -0.3 is 9.84 Å². The third-order valence-corrected chi connectivity index (χ3v) is 2.71. The van der Waals surface area contributed by atoms with Crippen LogP contribution in [0.15, 0.2) is 45.4 Å². The zero-order valence-electron chi connectivity index (χ0n) is 9.68. The molecule has 1 aromatic heterocycles. The van der Waals surface area contributed by atoms with Crippen molar-refractivity contribution in [2.45, 2.75) is 6.92 Å². The quantitative estimate of drug-likeness (QED) is 0.884. The first kappa shape index (κ1) is 12.6. The van der Waals surface area contributed by atoms with Gasteiger partial charge in [0, 0.05) is 16.6 Å². The van der Waals surface area contributed by atoms with Crippen molar-refractivity contribution in [3.8, 4) is 0 Å². The molecule has 2 aromatic rings. The molecule has 1 aromatic carbocycles. The summed E-state index contributed by atoms with van der Waals surface area (Å²) in [5.74, 6) is 0.825. The number of nitrogens with one attached hydrogen (secondary N) is 1. The minimum Gasteiger partial charge on any atom is -0.360 e. The Morgan fingerprint density at radius 3 is 2.72 bits per heavy atom. The molecule has 0 radical (unpaired) electrons. The van der Waals surface area contributed by atoms with E-state index in [-0.39, 0.29) is 5.91 Å². The standard InChI is InChI=1S/C13H11BrN2O2/c1-9-8-12(16-18-9)15-13(17)7-4-10-2-5-11(14)6-3-10/h2-8H,1H3,(H,15,16,17). The Labute approximate surface area is 113 Å². The first-order chi connectivity index (χ1) is 8.63. The third-order valence-electron chi connectivity index (χ3n) is 2.18. The van der Waals surface area contributed by atoms with Gasteiger partial charge in [0.1, 0.15) is 5.76 Å². The summed E-state index contributed by atoms with van der Waals surface area (Å²) in [6.45, 7) is 1.76. The molecule has 5 heteroatoms. The van der Waals surface area contributed by atoms with Crippen molar-refractivity contribution in [3.05, 3.63) is 52.2 Å². The van der Waals surface area contributed by atoms with Crippen LogP contribution >= 0.6 is 15.9 Å². The lowest BCUT2D eigenvalue weighted by molar-refractivity contribution is -0.111. The molecule has 0 atom stereocenters. The van der Waals surface area contributed by atoms with Crippen LogP contribution in [0.3, 0.4) is 0 Å². The van der Waals surface area contributed by atoms with Crippen LogP contribution in [-0.2, 0) is 4.79 Å². The topological polar surface area (TPSA) is 55.1 Å². The molecule has 92 valence electrons. The van der Waals surface area contributed by atoms with Gasteiger partial charge >= 0.3 is 0 Å². The largest absolute Gasteiger partial charge is 0.360 e. The molecule has 0 aliphatic rings. The number of nitrogens with zero attached hydrogens (tertiary/aromatic N) is 1. The SMILES string of the molecule is Cc1cc(NC(=O)C=Cc2ccc(Br)cc2)no1. The Balaban J connectivity index is 1.96. The van der Waals surface area contributed by atoms with Gasteiger partial charge in [0.05, 0.1) is 0 Å². The maximum Gasteiger partial charge on any atom is 0.249 e. The van der Waals surface area contributed by atoms with Gasteiger partial charge in [-0.2, -0.15) is 0 Å². The second kappa shape index (κ2) is 5.64. The molecule has 0 saturated heterocycles. The number of aromatic nitrogens is 1. The predicted molar refractivity (Wildman–Crippen MR) is 73.0 cm³/mol. The lowest BCUT2D eigenvalue weighted by Gasteiger charge is -1.95. The molecule has 0 unspecified atom stereocenters. The van der Waals surface area contributed by atoms with Crippen LogP contribution in [0.4, 0.5) is 5.82 Å². The summed E-state index contributed by atoms with van der Waals surface area (Å²) in [6.07, 6.45) is 3.18. The molecule has 0 spiro atoms. The Bertz CT molecular complexity index is 573. The molecule has 0 aliphatic carbocycles. The minimum absolute atomic E-state index is 0.244. The molecule has 0 fully saturated rings. The van der Waals surface area contributed by atoms with Crippen molar-refractivity contribution in [2.24, 2.45) is 0 Å². The van der Waals surface area contributed by atoms with Crippen LogP contribution in [0.2, 0.25) is 0 Å². The Kier molecular flexibility index (Phi) is 3.94. The van der Waals surface area contributed by atoms with E-state index in [4.69, 9.17) is 4.52 Å². The summed E-state index contributed by atoms with van der Waals surface area (Å²) in [7, 11) is 0. The molecule has 0 saturated carbocycles. The van der Waals surface area contributed by atoms with Crippen LogP contribution in [0.1, 0.15) is 11.3 Å². The lowest BCUT2D eigenvalue weighted by Crippen LogP contribution is -2.07. The summed E-state index contributed by atoms with van der Waals surface area (Å²) in [4.78, 5) is 11.6. The van der Waals surface area contributed by atoms with Gasteiger partial charge in [-0.05, 0) is 30.7 Å². The van der Waals surface area contributed by atoms with Gasteiger partial charge in [-0.1, -0.05) is 33.2 Å². The Morgan fingerprint density at radius 1 is 1.39 bits per heavy atom. The van der Waals surface area contributed by atoms with E-state index in [2.05, 4.69) is 26.4 Å². The number of aryl methyl sites for hydroxylation is 1. The first-order valence-corrected chi connectivity index (χ1v) is 6.11. The van der Waals surface area contributed by atoms with Crippen LogP contribution < -0.4 is 5.32 Å². The van der Waals surface area contributed by atoms with Crippen molar-refractivity contribution >= 4 is 33.7 Å². The predicted octanol–water partition coefficient (Wildman–Crippen LogP) is 3.40. The van der Waals surface area contributed by atoms with E-state index in [0.29, 0.717) is 11.6 Å². The van der Waals surface area contributed by atoms with Crippen LogP contribution in [0, 0.1) is 6.92 Å². The summed E-state index contributed by atoms with van der Waals surface area (Å²) >= 11 is 3.35. The highest BCUT2D eigenvalue weighted by atomic mass is 79.9. The summed E-state index contributed by atoms with van der Waals surface area (Å²) in [5.41, 5.74) is 0.949. The van der Waals surface area contributed by atoms with Gasteiger partial charge in [-0.25, -0.2) is 0 Å². The number of amides is 1. The number of carbonyl (C=O) groups is 1. The highest BCUT2D eigenvalue weighted by Crippen LogP contribution is 2.12. The van der Waals surface area contributed by atoms with E-state index < -0.39 is 0 Å². The number of benzene rings is 1. The van der Waals surface area contributed by atoms with Gasteiger partial charge in [-0.15, -0.1) is 0 Å². The fraction of sp³-hybridized carbons (Fsp3) is 0.0769. The average Bonchev–Trinajstić information content (AvgIpc) is 2.74. The first-order valence-electron chi connectivity index (χ1n) is 5.31. The Hall–Kier alpha value is -1.88. The number of rotatable bonds is 3. The molecular weight excluding hydrogens is 296 g/mol. The van der Waals surface area contributed by atoms with Crippen molar-refractivity contribution < 1.29 is 9.32 Å². The Morgan fingerprint density at radius 2 is 2.11 bits per heavy atom. The maximum absolute atomic E-state index is 11.6. The van der Waals surface area contributed by atoms with E-state index in [1.165, 1.54) is 6.08 Å². The van der Waals surface area contributed by atoms with Crippen molar-refractivity contribution in [1.82, 2.24) is 5.16 Å². The van der Waals surface area contributed by atoms with Crippen LogP contribution in [0.5, 0.6) is 0 Å². The van der Waals surface area contributed by atoms with Gasteiger partial charge in [0.2, 0.25) is 5.91 Å². The zero-order chi connectivity index (χ0) is 13.0. The van der Waals surface area contributed by atoms with E-state index in [0.717, 1.165) is 10.0 Å². The van der Waals surface area contributed by atoms with E-state index in [9.17, 15) is 4.79 Å². The fourth-order valence-corrected chi connectivity index (χ4v) is 1.60. The second-order valence-electron chi connectivity index (χ2n) is 3.70. The number of hydrogen-bond acceptors (Lipinski definition) is 3. The van der Waals surface area contributed by atoms with E-state index in [1.807, 2.05) is 24.3 Å².